The van der Waals surface area contributed by atoms with E-state index in [4.69, 9.17) is 10.2 Å². The number of hydrogen-bond donors (Lipinski definition) is 2. The van der Waals surface area contributed by atoms with Gasteiger partial charge in [-0.1, -0.05) is 31.2 Å². The van der Waals surface area contributed by atoms with Gasteiger partial charge in [0.2, 0.25) is 0 Å². The van der Waals surface area contributed by atoms with Crippen molar-refractivity contribution in [3.05, 3.63) is 24.3 Å². The highest BCUT2D eigenvalue weighted by Crippen LogP contribution is 2.29. The largest absolute Gasteiger partial charge is 0.400 e. The predicted molar refractivity (Wildman–Crippen MR) is 51.0 cm³/mol. The van der Waals surface area contributed by atoms with Gasteiger partial charge in [0.25, 0.3) is 0 Å². The molecule has 2 N–H and O–H groups in total. The summed E-state index contributed by atoms with van der Waals surface area (Å²) in [5, 5.41) is 14.9. The molecule has 2 aliphatic rings. The molecule has 0 spiro atoms. The van der Waals surface area contributed by atoms with E-state index in [-0.39, 0.29) is 0 Å². The Labute approximate surface area is 73.5 Å². The highest BCUT2D eigenvalue weighted by molar-refractivity contribution is 5.75. The van der Waals surface area contributed by atoms with Crippen molar-refractivity contribution in [2.75, 3.05) is 13.7 Å². The SMILES string of the molecule is CCCO.CO.c1cc2ccc1-2. The molecule has 0 aromatic carbocycles. The van der Waals surface area contributed by atoms with Crippen LogP contribution in [0.4, 0.5) is 0 Å². The molecular weight excluding hydrogens is 152 g/mol. The molecule has 0 bridgehead atoms. The van der Waals surface area contributed by atoms with Crippen molar-refractivity contribution in [1.82, 2.24) is 0 Å². The summed E-state index contributed by atoms with van der Waals surface area (Å²) < 4.78 is 0. The molecule has 0 unspecified atom stereocenters. The van der Waals surface area contributed by atoms with E-state index < -0.39 is 0 Å². The summed E-state index contributed by atoms with van der Waals surface area (Å²) >= 11 is 0. The van der Waals surface area contributed by atoms with Crippen LogP contribution in [-0.2, 0) is 0 Å². The van der Waals surface area contributed by atoms with Crippen molar-refractivity contribution in [1.29, 1.82) is 0 Å². The van der Waals surface area contributed by atoms with E-state index in [1.54, 1.807) is 0 Å². The molecule has 0 aliphatic heterocycles. The first-order valence-electron chi connectivity index (χ1n) is 4.04. The molecule has 12 heavy (non-hydrogen) atoms. The first-order valence-corrected chi connectivity index (χ1v) is 4.04. The Balaban J connectivity index is 0.000000181. The molecule has 0 saturated carbocycles. The summed E-state index contributed by atoms with van der Waals surface area (Å²) in [4.78, 5) is 0. The van der Waals surface area contributed by atoms with Gasteiger partial charge in [-0.05, 0) is 17.5 Å². The zero-order valence-corrected chi connectivity index (χ0v) is 7.62. The van der Waals surface area contributed by atoms with Crippen LogP contribution in [0, 0.1) is 0 Å². The van der Waals surface area contributed by atoms with Gasteiger partial charge in [0.15, 0.2) is 0 Å². The van der Waals surface area contributed by atoms with E-state index in [9.17, 15) is 0 Å². The fourth-order valence-corrected chi connectivity index (χ4v) is 0.663. The molecule has 0 fully saturated rings. The Morgan fingerprint density at radius 2 is 1.25 bits per heavy atom. The van der Waals surface area contributed by atoms with E-state index in [0.29, 0.717) is 6.61 Å². The first-order chi connectivity index (χ1) is 5.88. The number of rotatable bonds is 1. The Hall–Kier alpha value is -0.860. The molecule has 0 atom stereocenters. The fourth-order valence-electron chi connectivity index (χ4n) is 0.663. The lowest BCUT2D eigenvalue weighted by Gasteiger charge is -2.10. The number of hydrogen-bond acceptors (Lipinski definition) is 2. The molecular formula is C10H16O2. The third-order valence-corrected chi connectivity index (χ3v) is 1.44. The van der Waals surface area contributed by atoms with E-state index in [0.717, 1.165) is 13.5 Å². The van der Waals surface area contributed by atoms with Crippen LogP contribution in [-0.4, -0.2) is 23.9 Å². The van der Waals surface area contributed by atoms with Crippen LogP contribution in [0.1, 0.15) is 13.3 Å². The lowest BCUT2D eigenvalue weighted by Crippen LogP contribution is -1.85. The summed E-state index contributed by atoms with van der Waals surface area (Å²) in [5.74, 6) is 0. The monoisotopic (exact) mass is 168 g/mol. The van der Waals surface area contributed by atoms with Crippen molar-refractivity contribution in [2.24, 2.45) is 0 Å². The van der Waals surface area contributed by atoms with Crippen LogP contribution in [0.25, 0.3) is 11.1 Å². The van der Waals surface area contributed by atoms with Gasteiger partial charge >= 0.3 is 0 Å². The zero-order chi connectivity index (χ0) is 9.40. The minimum absolute atomic E-state index is 0.319. The van der Waals surface area contributed by atoms with E-state index >= 15 is 0 Å². The van der Waals surface area contributed by atoms with Gasteiger partial charge < -0.3 is 10.2 Å². The van der Waals surface area contributed by atoms with E-state index in [1.165, 1.54) is 11.1 Å². The van der Waals surface area contributed by atoms with E-state index in [1.807, 2.05) is 6.92 Å². The fraction of sp³-hybridized carbons (Fsp3) is 0.400. The highest BCUT2D eigenvalue weighted by Gasteiger charge is 2.03. The summed E-state index contributed by atoms with van der Waals surface area (Å²) in [6, 6.07) is 8.48. The normalized spacial score (nSPS) is 8.67. The second-order valence-electron chi connectivity index (χ2n) is 2.30. The molecule has 0 aromatic heterocycles. The van der Waals surface area contributed by atoms with Gasteiger partial charge in [0, 0.05) is 13.7 Å². The van der Waals surface area contributed by atoms with Gasteiger partial charge in [0.05, 0.1) is 0 Å². The quantitative estimate of drug-likeness (QED) is 0.680. The Kier molecular flexibility index (Phi) is 6.34. The van der Waals surface area contributed by atoms with Gasteiger partial charge in [-0.2, -0.15) is 0 Å². The Bertz CT molecular complexity index is 168. The molecule has 0 saturated heterocycles. The van der Waals surface area contributed by atoms with Gasteiger partial charge in [-0.3, -0.25) is 0 Å². The van der Waals surface area contributed by atoms with Crippen molar-refractivity contribution in [2.45, 2.75) is 13.3 Å². The highest BCUT2D eigenvalue weighted by atomic mass is 16.3. The maximum Gasteiger partial charge on any atom is 0.0428 e. The number of aliphatic hydroxyl groups is 2. The summed E-state index contributed by atoms with van der Waals surface area (Å²) in [6.45, 7) is 2.25. The topological polar surface area (TPSA) is 40.5 Å². The minimum Gasteiger partial charge on any atom is -0.400 e. The average molecular weight is 168 g/mol. The van der Waals surface area contributed by atoms with Crippen LogP contribution in [0.3, 0.4) is 0 Å². The molecule has 0 aromatic rings. The van der Waals surface area contributed by atoms with Crippen molar-refractivity contribution in [3.63, 3.8) is 0 Å². The summed E-state index contributed by atoms with van der Waals surface area (Å²) in [6.07, 6.45) is 0.875. The van der Waals surface area contributed by atoms with Crippen LogP contribution in [0.2, 0.25) is 0 Å². The molecule has 2 rings (SSSR count). The number of fused-ring (bicyclic) bond motifs is 1. The van der Waals surface area contributed by atoms with Gasteiger partial charge in [-0.15, -0.1) is 0 Å². The molecule has 0 radical (unpaired) electrons. The van der Waals surface area contributed by atoms with Crippen LogP contribution < -0.4 is 0 Å². The minimum atomic E-state index is 0.319. The van der Waals surface area contributed by atoms with Crippen molar-refractivity contribution in [3.8, 4) is 11.1 Å². The standard InChI is InChI=1S/C6H4.C3H8O.CH4O/c1-2-6-4-3-5(1)6;1-2-3-4;1-2/h1-4H;4H,2-3H2,1H3;2H,1H3. The Morgan fingerprint density at radius 3 is 1.25 bits per heavy atom. The smallest absolute Gasteiger partial charge is 0.0428 e. The van der Waals surface area contributed by atoms with Crippen LogP contribution in [0.5, 0.6) is 0 Å². The van der Waals surface area contributed by atoms with Crippen LogP contribution in [0.15, 0.2) is 24.3 Å². The number of benzene rings is 1. The van der Waals surface area contributed by atoms with Crippen molar-refractivity contribution < 1.29 is 10.2 Å². The molecule has 2 aliphatic carbocycles. The lowest BCUT2D eigenvalue weighted by molar-refractivity contribution is 0.295. The molecule has 2 heteroatoms. The van der Waals surface area contributed by atoms with Gasteiger partial charge in [0.1, 0.15) is 0 Å². The van der Waals surface area contributed by atoms with Crippen LogP contribution >= 0.6 is 0 Å². The maximum absolute atomic E-state index is 7.88. The number of aliphatic hydroxyl groups excluding tert-OH is 2. The first kappa shape index (κ1) is 11.1. The zero-order valence-electron chi connectivity index (χ0n) is 7.62. The molecule has 68 valence electrons. The molecule has 0 amide bonds. The summed E-state index contributed by atoms with van der Waals surface area (Å²) in [5.41, 5.74) is 2.85. The second-order valence-corrected chi connectivity index (χ2v) is 2.30. The molecule has 0 heterocycles. The Morgan fingerprint density at radius 1 is 1.00 bits per heavy atom. The average Bonchev–Trinajstić information content (AvgIpc) is 2.15. The van der Waals surface area contributed by atoms with E-state index in [2.05, 4.69) is 24.3 Å². The summed E-state index contributed by atoms with van der Waals surface area (Å²) in [7, 11) is 1.00. The predicted octanol–water partition coefficient (Wildman–Crippen LogP) is 1.66. The van der Waals surface area contributed by atoms with Gasteiger partial charge in [-0.25, -0.2) is 0 Å². The molecule has 2 nitrogen and oxygen atoms in total. The third kappa shape index (κ3) is 3.03. The lowest BCUT2D eigenvalue weighted by atomic mass is 9.95. The maximum atomic E-state index is 7.88. The third-order valence-electron chi connectivity index (χ3n) is 1.44. The second kappa shape index (κ2) is 6.83. The van der Waals surface area contributed by atoms with Crippen molar-refractivity contribution >= 4 is 0 Å².